The van der Waals surface area contributed by atoms with Gasteiger partial charge in [0, 0.05) is 29.2 Å². The van der Waals surface area contributed by atoms with E-state index in [-0.39, 0.29) is 37.8 Å². The molecule has 1 aromatic carbocycles. The van der Waals surface area contributed by atoms with Gasteiger partial charge in [-0.3, -0.25) is 19.1 Å². The number of benzene rings is 1. The lowest BCUT2D eigenvalue weighted by molar-refractivity contribution is -0.152. The molecule has 12 heteroatoms. The predicted molar refractivity (Wildman–Crippen MR) is 143 cm³/mol. The number of carboxylic acid groups (broad SMARTS) is 1. The third-order valence-electron chi connectivity index (χ3n) is 7.46. The van der Waals surface area contributed by atoms with Crippen LogP contribution >= 0.6 is 11.6 Å². The molecule has 0 saturated heterocycles. The number of ketones is 1. The first kappa shape index (κ1) is 29.6. The highest BCUT2D eigenvalue weighted by Crippen LogP contribution is 2.43. The normalized spacial score (nSPS) is 20.1. The van der Waals surface area contributed by atoms with Crippen molar-refractivity contribution in [3.8, 4) is 0 Å². The molecule has 0 radical (unpaired) electrons. The van der Waals surface area contributed by atoms with Crippen LogP contribution in [0.5, 0.6) is 0 Å². The van der Waals surface area contributed by atoms with Crippen LogP contribution in [0.4, 0.5) is 13.2 Å². The summed E-state index contributed by atoms with van der Waals surface area (Å²) in [6.45, 7) is 6.58. The van der Waals surface area contributed by atoms with Gasteiger partial charge in [0.1, 0.15) is 0 Å². The van der Waals surface area contributed by atoms with Crippen molar-refractivity contribution in [1.29, 1.82) is 0 Å². The Hall–Kier alpha value is -3.34. The smallest absolute Gasteiger partial charge is 0.433 e. The zero-order valence-corrected chi connectivity index (χ0v) is 23.5. The van der Waals surface area contributed by atoms with Crippen LogP contribution in [0, 0.1) is 10.8 Å². The van der Waals surface area contributed by atoms with Crippen LogP contribution in [-0.2, 0) is 11.0 Å². The summed E-state index contributed by atoms with van der Waals surface area (Å²) in [6, 6.07) is 4.37. The van der Waals surface area contributed by atoms with E-state index in [1.807, 2.05) is 20.8 Å². The number of carbonyl (C=O) groups excluding carboxylic acids is 2. The van der Waals surface area contributed by atoms with Crippen LogP contribution in [0.2, 0.25) is 5.02 Å². The van der Waals surface area contributed by atoms with E-state index in [9.17, 15) is 32.7 Å². The van der Waals surface area contributed by atoms with Crippen LogP contribution in [0.1, 0.15) is 85.8 Å². The van der Waals surface area contributed by atoms with E-state index in [0.29, 0.717) is 15.9 Å². The summed E-state index contributed by atoms with van der Waals surface area (Å²) >= 11 is 6.31. The quantitative estimate of drug-likeness (QED) is 0.306. The minimum Gasteiger partial charge on any atom is -0.481 e. The van der Waals surface area contributed by atoms with E-state index in [1.165, 1.54) is 6.20 Å². The van der Waals surface area contributed by atoms with Crippen LogP contribution in [0.3, 0.4) is 0 Å². The highest BCUT2D eigenvalue weighted by atomic mass is 35.5. The standard InChI is InChI=1S/C28H32ClF3N4O4/c1-26(2,3)15-35(14-21(37)17-12-33-20-7-5-6-19(29)22(17)20)24(38)18-13-34-36(23(18)28(30,31)32)16-8-10-27(4,11-9-16)25(39)40/h5-7,12-13,16,33H,8-11,14-15H2,1-4H3,(H,39,40). The van der Waals surface area contributed by atoms with Gasteiger partial charge in [0.15, 0.2) is 11.5 Å². The number of carboxylic acids is 1. The summed E-state index contributed by atoms with van der Waals surface area (Å²) in [7, 11) is 0. The van der Waals surface area contributed by atoms with Gasteiger partial charge in [-0.25, -0.2) is 0 Å². The highest BCUT2D eigenvalue weighted by Gasteiger charge is 2.45. The van der Waals surface area contributed by atoms with Gasteiger partial charge in [-0.1, -0.05) is 38.4 Å². The van der Waals surface area contributed by atoms with Gasteiger partial charge in [0.05, 0.1) is 34.8 Å². The Morgan fingerprint density at radius 3 is 2.40 bits per heavy atom. The van der Waals surface area contributed by atoms with Gasteiger partial charge < -0.3 is 15.0 Å². The maximum absolute atomic E-state index is 14.4. The number of aromatic amines is 1. The maximum Gasteiger partial charge on any atom is 0.433 e. The Morgan fingerprint density at radius 2 is 1.82 bits per heavy atom. The number of aliphatic carboxylic acids is 1. The van der Waals surface area contributed by atoms with E-state index in [0.717, 1.165) is 15.8 Å². The molecule has 1 aliphatic rings. The van der Waals surface area contributed by atoms with Crippen molar-refractivity contribution < 1.29 is 32.7 Å². The SMILES string of the molecule is CC(C)(C)CN(CC(=O)c1c[nH]c2cccc(Cl)c12)C(=O)c1cnn(C2CCC(C)(C(=O)O)CC2)c1C(F)(F)F. The number of Topliss-reactive ketones (excluding diaryl/α,β-unsaturated/α-hetero) is 1. The Balaban J connectivity index is 1.68. The van der Waals surface area contributed by atoms with Crippen LogP contribution in [-0.4, -0.2) is 55.5 Å². The first-order chi connectivity index (χ1) is 18.5. The number of H-pyrrole nitrogens is 1. The van der Waals surface area contributed by atoms with Crippen molar-refractivity contribution in [1.82, 2.24) is 19.7 Å². The third-order valence-corrected chi connectivity index (χ3v) is 7.77. The van der Waals surface area contributed by atoms with E-state index < -0.39 is 58.5 Å². The van der Waals surface area contributed by atoms with Crippen molar-refractivity contribution >= 4 is 40.2 Å². The van der Waals surface area contributed by atoms with Gasteiger partial charge in [0.2, 0.25) is 0 Å². The molecule has 2 aromatic heterocycles. The number of hydrogen-bond acceptors (Lipinski definition) is 4. The Morgan fingerprint density at radius 1 is 1.18 bits per heavy atom. The first-order valence-corrected chi connectivity index (χ1v) is 13.4. The molecule has 2 heterocycles. The molecule has 4 rings (SSSR count). The fourth-order valence-electron chi connectivity index (χ4n) is 5.34. The maximum atomic E-state index is 14.4. The number of nitrogens with one attached hydrogen (secondary N) is 1. The largest absolute Gasteiger partial charge is 0.481 e. The predicted octanol–water partition coefficient (Wildman–Crippen LogP) is 6.61. The average Bonchev–Trinajstić information content (AvgIpc) is 3.48. The fraction of sp³-hybridized carbons (Fsp3) is 0.500. The molecule has 8 nitrogen and oxygen atoms in total. The van der Waals surface area contributed by atoms with Crippen LogP contribution in [0.15, 0.2) is 30.6 Å². The van der Waals surface area contributed by atoms with Crippen molar-refractivity contribution in [3.63, 3.8) is 0 Å². The van der Waals surface area contributed by atoms with E-state index in [1.54, 1.807) is 25.1 Å². The second-order valence-corrected chi connectivity index (χ2v) is 12.4. The molecule has 0 aliphatic heterocycles. The lowest BCUT2D eigenvalue weighted by Crippen LogP contribution is -2.42. The summed E-state index contributed by atoms with van der Waals surface area (Å²) in [5.41, 5.74) is -2.53. The topological polar surface area (TPSA) is 108 Å². The molecule has 1 aliphatic carbocycles. The van der Waals surface area contributed by atoms with Crippen molar-refractivity contribution in [2.45, 2.75) is 65.6 Å². The Bertz CT molecular complexity index is 1450. The molecule has 216 valence electrons. The second kappa shape index (κ2) is 10.6. The van der Waals surface area contributed by atoms with Gasteiger partial charge in [-0.15, -0.1) is 0 Å². The van der Waals surface area contributed by atoms with Crippen molar-refractivity contribution in [2.24, 2.45) is 10.8 Å². The molecule has 3 aromatic rings. The van der Waals surface area contributed by atoms with Gasteiger partial charge in [-0.2, -0.15) is 18.3 Å². The number of nitrogens with zero attached hydrogens (tertiary/aromatic N) is 3. The first-order valence-electron chi connectivity index (χ1n) is 13.0. The molecule has 0 spiro atoms. The molecule has 1 fully saturated rings. The summed E-state index contributed by atoms with van der Waals surface area (Å²) in [4.78, 5) is 42.8. The summed E-state index contributed by atoms with van der Waals surface area (Å²) in [5, 5.41) is 14.3. The van der Waals surface area contributed by atoms with Gasteiger partial charge >= 0.3 is 12.1 Å². The average molecular weight is 581 g/mol. The van der Waals surface area contributed by atoms with Crippen LogP contribution in [0.25, 0.3) is 10.9 Å². The zero-order valence-electron chi connectivity index (χ0n) is 22.7. The van der Waals surface area contributed by atoms with E-state index >= 15 is 0 Å². The third kappa shape index (κ3) is 5.89. The molecule has 0 atom stereocenters. The Labute approximate surface area is 234 Å². The van der Waals surface area contributed by atoms with Gasteiger partial charge in [-0.05, 0) is 50.2 Å². The number of rotatable bonds is 7. The minimum absolute atomic E-state index is 0.0104. The summed E-state index contributed by atoms with van der Waals surface area (Å²) in [6.07, 6.45) is -1.81. The molecule has 40 heavy (non-hydrogen) atoms. The number of halogens is 4. The molecule has 2 N–H and O–H groups in total. The molecule has 0 unspecified atom stereocenters. The Kier molecular flexibility index (Phi) is 7.83. The fourth-order valence-corrected chi connectivity index (χ4v) is 5.61. The molecule has 0 bridgehead atoms. The molecule has 1 amide bonds. The van der Waals surface area contributed by atoms with E-state index in [4.69, 9.17) is 11.6 Å². The zero-order chi connectivity index (χ0) is 29.6. The molecular formula is C28H32ClF3N4O4. The van der Waals surface area contributed by atoms with Gasteiger partial charge in [0.25, 0.3) is 5.91 Å². The number of alkyl halides is 3. The van der Waals surface area contributed by atoms with Crippen molar-refractivity contribution in [2.75, 3.05) is 13.1 Å². The molecular weight excluding hydrogens is 549 g/mol. The number of hydrogen-bond donors (Lipinski definition) is 2. The monoisotopic (exact) mass is 580 g/mol. The number of fused-ring (bicyclic) bond motifs is 1. The lowest BCUT2D eigenvalue weighted by Gasteiger charge is -2.34. The number of carbonyl (C=O) groups is 3. The number of aromatic nitrogens is 3. The summed E-state index contributed by atoms with van der Waals surface area (Å²) in [5.74, 6) is -2.42. The number of amides is 1. The van der Waals surface area contributed by atoms with E-state index in [2.05, 4.69) is 10.1 Å². The van der Waals surface area contributed by atoms with Crippen molar-refractivity contribution in [3.05, 3.63) is 52.4 Å². The summed E-state index contributed by atoms with van der Waals surface area (Å²) < 4.78 is 44.1. The minimum atomic E-state index is -4.91. The lowest BCUT2D eigenvalue weighted by atomic mass is 9.74. The second-order valence-electron chi connectivity index (χ2n) is 12.0. The highest BCUT2D eigenvalue weighted by molar-refractivity contribution is 6.37. The van der Waals surface area contributed by atoms with Crippen LogP contribution < -0.4 is 0 Å². The molecule has 1 saturated carbocycles.